The second kappa shape index (κ2) is 5.77. The molecule has 0 fully saturated rings. The maximum atomic E-state index is 5.92. The van der Waals surface area contributed by atoms with Gasteiger partial charge in [-0.05, 0) is 47.2 Å². The summed E-state index contributed by atoms with van der Waals surface area (Å²) in [6.07, 6.45) is 0. The van der Waals surface area contributed by atoms with Crippen molar-refractivity contribution in [2.45, 2.75) is 25.7 Å². The SMILES string of the molecule is CC(c1ccc(Cl)cc1)C(C)c1ccc(Cl)cc1. The molecule has 94 valence electrons. The highest BCUT2D eigenvalue weighted by Crippen LogP contribution is 2.33. The van der Waals surface area contributed by atoms with Crippen molar-refractivity contribution in [3.8, 4) is 0 Å². The molecule has 0 aromatic heterocycles. The van der Waals surface area contributed by atoms with Crippen molar-refractivity contribution in [3.05, 3.63) is 69.7 Å². The Morgan fingerprint density at radius 1 is 0.611 bits per heavy atom. The molecule has 2 aromatic rings. The van der Waals surface area contributed by atoms with Gasteiger partial charge in [-0.3, -0.25) is 0 Å². The molecule has 2 heteroatoms. The molecule has 0 aliphatic carbocycles. The predicted molar refractivity (Wildman–Crippen MR) is 79.7 cm³/mol. The molecule has 2 unspecified atom stereocenters. The molecule has 0 spiro atoms. The van der Waals surface area contributed by atoms with E-state index in [9.17, 15) is 0 Å². The summed E-state index contributed by atoms with van der Waals surface area (Å²) in [6, 6.07) is 16.2. The molecule has 0 radical (unpaired) electrons. The summed E-state index contributed by atoms with van der Waals surface area (Å²) in [5.74, 6) is 0.895. The van der Waals surface area contributed by atoms with Gasteiger partial charge in [0.1, 0.15) is 0 Å². The van der Waals surface area contributed by atoms with E-state index < -0.39 is 0 Å². The fourth-order valence-electron chi connectivity index (χ4n) is 2.11. The molecule has 0 bridgehead atoms. The van der Waals surface area contributed by atoms with Gasteiger partial charge in [0.15, 0.2) is 0 Å². The maximum absolute atomic E-state index is 5.92. The molecule has 2 rings (SSSR count). The van der Waals surface area contributed by atoms with Crippen LogP contribution in [0.4, 0.5) is 0 Å². The minimum atomic E-state index is 0.448. The Hall–Kier alpha value is -0.980. The van der Waals surface area contributed by atoms with Crippen LogP contribution in [0, 0.1) is 0 Å². The zero-order valence-electron chi connectivity index (χ0n) is 10.5. The Bertz CT molecular complexity index is 450. The lowest BCUT2D eigenvalue weighted by Crippen LogP contribution is -2.04. The Kier molecular flexibility index (Phi) is 4.31. The summed E-state index contributed by atoms with van der Waals surface area (Å²) in [4.78, 5) is 0. The molecule has 18 heavy (non-hydrogen) atoms. The highest BCUT2D eigenvalue weighted by Gasteiger charge is 2.16. The molecule has 0 saturated carbocycles. The first-order valence-electron chi connectivity index (χ1n) is 6.09. The Morgan fingerprint density at radius 2 is 0.889 bits per heavy atom. The monoisotopic (exact) mass is 278 g/mol. The van der Waals surface area contributed by atoms with Crippen LogP contribution in [0.2, 0.25) is 10.0 Å². The summed E-state index contributed by atoms with van der Waals surface area (Å²) < 4.78 is 0. The first-order valence-corrected chi connectivity index (χ1v) is 6.84. The molecule has 0 heterocycles. The fraction of sp³-hybridized carbons (Fsp3) is 0.250. The van der Waals surface area contributed by atoms with Gasteiger partial charge < -0.3 is 0 Å². The van der Waals surface area contributed by atoms with Crippen LogP contribution in [0.15, 0.2) is 48.5 Å². The van der Waals surface area contributed by atoms with Crippen LogP contribution in [0.5, 0.6) is 0 Å². The van der Waals surface area contributed by atoms with Crippen molar-refractivity contribution in [2.75, 3.05) is 0 Å². The largest absolute Gasteiger partial charge is 0.0843 e. The minimum absolute atomic E-state index is 0.448. The number of halogens is 2. The van der Waals surface area contributed by atoms with Crippen LogP contribution in [0.3, 0.4) is 0 Å². The lowest BCUT2D eigenvalue weighted by atomic mass is 9.84. The van der Waals surface area contributed by atoms with E-state index in [2.05, 4.69) is 38.1 Å². The second-order valence-electron chi connectivity index (χ2n) is 4.68. The lowest BCUT2D eigenvalue weighted by molar-refractivity contribution is 0.624. The van der Waals surface area contributed by atoms with E-state index in [4.69, 9.17) is 23.2 Å². The van der Waals surface area contributed by atoms with Gasteiger partial charge in [0.05, 0.1) is 0 Å². The van der Waals surface area contributed by atoms with Crippen molar-refractivity contribution in [1.82, 2.24) is 0 Å². The summed E-state index contributed by atoms with van der Waals surface area (Å²) in [5.41, 5.74) is 2.61. The van der Waals surface area contributed by atoms with Gasteiger partial charge in [-0.25, -0.2) is 0 Å². The van der Waals surface area contributed by atoms with Crippen LogP contribution in [0.25, 0.3) is 0 Å². The van der Waals surface area contributed by atoms with Crippen molar-refractivity contribution in [3.63, 3.8) is 0 Å². The molecule has 0 N–H and O–H groups in total. The number of rotatable bonds is 3. The zero-order valence-corrected chi connectivity index (χ0v) is 12.0. The molecular formula is C16H16Cl2. The van der Waals surface area contributed by atoms with Gasteiger partial charge in [0.25, 0.3) is 0 Å². The molecular weight excluding hydrogens is 263 g/mol. The van der Waals surface area contributed by atoms with Gasteiger partial charge in [0.2, 0.25) is 0 Å². The Morgan fingerprint density at radius 3 is 1.17 bits per heavy atom. The third kappa shape index (κ3) is 3.07. The van der Waals surface area contributed by atoms with Gasteiger partial charge in [-0.2, -0.15) is 0 Å². The van der Waals surface area contributed by atoms with Crippen LogP contribution in [0.1, 0.15) is 36.8 Å². The average molecular weight is 279 g/mol. The van der Waals surface area contributed by atoms with E-state index in [1.54, 1.807) is 0 Å². The molecule has 2 atom stereocenters. The van der Waals surface area contributed by atoms with Crippen molar-refractivity contribution >= 4 is 23.2 Å². The Balaban J connectivity index is 2.20. The summed E-state index contributed by atoms with van der Waals surface area (Å²) >= 11 is 11.8. The van der Waals surface area contributed by atoms with E-state index in [1.807, 2.05) is 24.3 Å². The van der Waals surface area contributed by atoms with Gasteiger partial charge in [-0.15, -0.1) is 0 Å². The average Bonchev–Trinajstić information content (AvgIpc) is 2.39. The maximum Gasteiger partial charge on any atom is 0.0406 e. The number of benzene rings is 2. The van der Waals surface area contributed by atoms with E-state index in [0.717, 1.165) is 10.0 Å². The fourth-order valence-corrected chi connectivity index (χ4v) is 2.36. The first-order chi connectivity index (χ1) is 8.58. The van der Waals surface area contributed by atoms with Crippen LogP contribution >= 0.6 is 23.2 Å². The van der Waals surface area contributed by atoms with Gasteiger partial charge in [-0.1, -0.05) is 61.3 Å². The van der Waals surface area contributed by atoms with Gasteiger partial charge in [0, 0.05) is 10.0 Å². The number of hydrogen-bond donors (Lipinski definition) is 0. The zero-order chi connectivity index (χ0) is 13.1. The smallest absolute Gasteiger partial charge is 0.0406 e. The van der Waals surface area contributed by atoms with Gasteiger partial charge >= 0.3 is 0 Å². The quantitative estimate of drug-likeness (QED) is 0.656. The topological polar surface area (TPSA) is 0 Å². The molecule has 0 amide bonds. The van der Waals surface area contributed by atoms with Crippen molar-refractivity contribution in [2.24, 2.45) is 0 Å². The molecule has 2 aromatic carbocycles. The van der Waals surface area contributed by atoms with Crippen molar-refractivity contribution in [1.29, 1.82) is 0 Å². The highest BCUT2D eigenvalue weighted by molar-refractivity contribution is 6.30. The van der Waals surface area contributed by atoms with E-state index in [-0.39, 0.29) is 0 Å². The summed E-state index contributed by atoms with van der Waals surface area (Å²) in [7, 11) is 0. The molecule has 0 aliphatic rings. The second-order valence-corrected chi connectivity index (χ2v) is 5.55. The third-order valence-electron chi connectivity index (χ3n) is 3.54. The Labute approximate surface area is 119 Å². The standard InChI is InChI=1S/C16H16Cl2/c1-11(13-3-7-15(17)8-4-13)12(2)14-5-9-16(18)10-6-14/h3-12H,1-2H3. The third-order valence-corrected chi connectivity index (χ3v) is 4.05. The predicted octanol–water partition coefficient (Wildman–Crippen LogP) is 5.90. The van der Waals surface area contributed by atoms with Crippen LogP contribution in [-0.2, 0) is 0 Å². The van der Waals surface area contributed by atoms with Crippen LogP contribution < -0.4 is 0 Å². The van der Waals surface area contributed by atoms with Crippen molar-refractivity contribution < 1.29 is 0 Å². The highest BCUT2D eigenvalue weighted by atomic mass is 35.5. The summed E-state index contributed by atoms with van der Waals surface area (Å²) in [5, 5.41) is 1.56. The first kappa shape index (κ1) is 13.5. The normalized spacial score (nSPS) is 14.2. The minimum Gasteiger partial charge on any atom is -0.0843 e. The molecule has 0 saturated heterocycles. The molecule has 0 nitrogen and oxygen atoms in total. The molecule has 0 aliphatic heterocycles. The number of hydrogen-bond acceptors (Lipinski definition) is 0. The van der Waals surface area contributed by atoms with E-state index in [1.165, 1.54) is 11.1 Å². The summed E-state index contributed by atoms with van der Waals surface area (Å²) in [6.45, 7) is 4.48. The van der Waals surface area contributed by atoms with E-state index in [0.29, 0.717) is 11.8 Å². The van der Waals surface area contributed by atoms with E-state index >= 15 is 0 Å². The van der Waals surface area contributed by atoms with Crippen LogP contribution in [-0.4, -0.2) is 0 Å². The lowest BCUT2D eigenvalue weighted by Gasteiger charge is -2.21.